The van der Waals surface area contributed by atoms with Gasteiger partial charge in [-0.3, -0.25) is 0 Å². The molecule has 0 aliphatic heterocycles. The quantitative estimate of drug-likeness (QED) is 0.254. The van der Waals surface area contributed by atoms with Gasteiger partial charge in [-0.25, -0.2) is 0 Å². The molecule has 1 heteroatoms. The molecule has 0 heterocycles. The number of allylic oxidation sites excluding steroid dienone is 3. The minimum atomic E-state index is 0.454. The van der Waals surface area contributed by atoms with E-state index in [-0.39, 0.29) is 0 Å². The summed E-state index contributed by atoms with van der Waals surface area (Å²) in [7, 11) is 0. The van der Waals surface area contributed by atoms with Crippen LogP contribution in [0.4, 0.5) is 0 Å². The van der Waals surface area contributed by atoms with Gasteiger partial charge in [0.2, 0.25) is 0 Å². The van der Waals surface area contributed by atoms with Crippen LogP contribution in [0.25, 0.3) is 0 Å². The summed E-state index contributed by atoms with van der Waals surface area (Å²) < 4.78 is 0. The zero-order valence-corrected chi connectivity index (χ0v) is 14.5. The normalized spacial score (nSPS) is 12.9. The summed E-state index contributed by atoms with van der Waals surface area (Å²) in [5.41, 5.74) is 6.18. The van der Waals surface area contributed by atoms with Crippen LogP contribution in [-0.4, -0.2) is 6.04 Å². The van der Waals surface area contributed by atoms with Crippen LogP contribution in [0.3, 0.4) is 0 Å². The number of hydrogen-bond acceptors (Lipinski definition) is 1. The molecule has 0 aromatic carbocycles. The molecule has 0 saturated carbocycles. The van der Waals surface area contributed by atoms with Gasteiger partial charge in [0, 0.05) is 6.04 Å². The van der Waals surface area contributed by atoms with Crippen LogP contribution < -0.4 is 5.73 Å². The molecular weight excluding hydrogens is 254 g/mol. The van der Waals surface area contributed by atoms with E-state index in [9.17, 15) is 0 Å². The molecule has 0 radical (unpaired) electrons. The van der Waals surface area contributed by atoms with Crippen molar-refractivity contribution in [1.29, 1.82) is 0 Å². The maximum atomic E-state index is 6.18. The largest absolute Gasteiger partial charge is 0.328 e. The van der Waals surface area contributed by atoms with Gasteiger partial charge in [0.25, 0.3) is 0 Å². The Morgan fingerprint density at radius 1 is 0.810 bits per heavy atom. The first-order chi connectivity index (χ1) is 10.3. The summed E-state index contributed by atoms with van der Waals surface area (Å²) in [6, 6.07) is 0.454. The summed E-state index contributed by atoms with van der Waals surface area (Å²) in [6.07, 6.45) is 24.8. The van der Waals surface area contributed by atoms with Gasteiger partial charge >= 0.3 is 0 Å². The molecule has 1 unspecified atom stereocenters. The van der Waals surface area contributed by atoms with Gasteiger partial charge in [0.15, 0.2) is 0 Å². The van der Waals surface area contributed by atoms with Gasteiger partial charge in [0.05, 0.1) is 0 Å². The molecule has 1 atom stereocenters. The minimum Gasteiger partial charge on any atom is -0.328 e. The lowest BCUT2D eigenvalue weighted by atomic mass is 10.0. The Labute approximate surface area is 134 Å². The first-order valence-electron chi connectivity index (χ1n) is 9.34. The number of unbranched alkanes of at least 4 members (excludes halogenated alkanes) is 10. The molecule has 0 aliphatic rings. The van der Waals surface area contributed by atoms with Gasteiger partial charge in [-0.2, -0.15) is 0 Å². The van der Waals surface area contributed by atoms with Gasteiger partial charge in [-0.1, -0.05) is 95.9 Å². The third-order valence-electron chi connectivity index (χ3n) is 4.15. The van der Waals surface area contributed by atoms with Crippen molar-refractivity contribution >= 4 is 0 Å². The highest BCUT2D eigenvalue weighted by Gasteiger charge is 2.02. The van der Waals surface area contributed by atoms with Crippen molar-refractivity contribution in [3.8, 4) is 0 Å². The molecule has 2 N–H and O–H groups in total. The first-order valence-corrected chi connectivity index (χ1v) is 9.34. The van der Waals surface area contributed by atoms with Crippen LogP contribution in [-0.2, 0) is 0 Å². The summed E-state index contributed by atoms with van der Waals surface area (Å²) in [6.45, 7) is 5.94. The van der Waals surface area contributed by atoms with Crippen LogP contribution in [0.5, 0.6) is 0 Å². The average Bonchev–Trinajstić information content (AvgIpc) is 2.49. The zero-order valence-electron chi connectivity index (χ0n) is 14.5. The lowest BCUT2D eigenvalue weighted by molar-refractivity contribution is 0.485. The second-order valence-corrected chi connectivity index (χ2v) is 6.33. The van der Waals surface area contributed by atoms with Crippen LogP contribution in [0.1, 0.15) is 96.8 Å². The summed E-state index contributed by atoms with van der Waals surface area (Å²) in [5.74, 6) is 0. The Morgan fingerprint density at radius 2 is 1.33 bits per heavy atom. The van der Waals surface area contributed by atoms with Crippen LogP contribution >= 0.6 is 0 Å². The summed E-state index contributed by atoms with van der Waals surface area (Å²) >= 11 is 0. The van der Waals surface area contributed by atoms with Gasteiger partial charge in [0.1, 0.15) is 0 Å². The Bertz CT molecular complexity index is 232. The lowest BCUT2D eigenvalue weighted by Gasteiger charge is -2.11. The van der Waals surface area contributed by atoms with Crippen molar-refractivity contribution in [1.82, 2.24) is 0 Å². The smallest absolute Gasteiger partial charge is 0.00388 e. The maximum absolute atomic E-state index is 6.18. The molecule has 0 fully saturated rings. The van der Waals surface area contributed by atoms with Crippen molar-refractivity contribution in [2.24, 2.45) is 5.73 Å². The van der Waals surface area contributed by atoms with E-state index >= 15 is 0 Å². The molecular formula is C20H39N. The predicted octanol–water partition coefficient (Wildman–Crippen LogP) is 6.54. The van der Waals surface area contributed by atoms with Gasteiger partial charge in [-0.05, 0) is 25.7 Å². The summed E-state index contributed by atoms with van der Waals surface area (Å²) in [4.78, 5) is 0. The van der Waals surface area contributed by atoms with Crippen molar-refractivity contribution in [2.75, 3.05) is 0 Å². The van der Waals surface area contributed by atoms with Crippen molar-refractivity contribution in [3.63, 3.8) is 0 Å². The fourth-order valence-corrected chi connectivity index (χ4v) is 2.72. The standard InChI is InChI=1S/C20H39N/c1-3-5-7-9-10-11-12-13-15-17-19-20(21)18-16-14-8-6-4-2/h3,5,7,20H,1,4,6,8-19,21H2,2H3/b7-5-. The molecule has 0 bridgehead atoms. The molecule has 0 aromatic rings. The van der Waals surface area contributed by atoms with Gasteiger partial charge in [-0.15, -0.1) is 0 Å². The molecule has 0 saturated heterocycles. The number of hydrogen-bond donors (Lipinski definition) is 1. The fraction of sp³-hybridized carbons (Fsp3) is 0.800. The summed E-state index contributed by atoms with van der Waals surface area (Å²) in [5, 5.41) is 0. The lowest BCUT2D eigenvalue weighted by Crippen LogP contribution is -2.19. The van der Waals surface area contributed by atoms with E-state index in [1.165, 1.54) is 89.9 Å². The van der Waals surface area contributed by atoms with Crippen LogP contribution in [0.2, 0.25) is 0 Å². The molecule has 0 aliphatic carbocycles. The van der Waals surface area contributed by atoms with Crippen molar-refractivity contribution in [3.05, 3.63) is 24.8 Å². The molecule has 0 spiro atoms. The van der Waals surface area contributed by atoms with E-state index in [4.69, 9.17) is 5.73 Å². The Morgan fingerprint density at radius 3 is 1.90 bits per heavy atom. The van der Waals surface area contributed by atoms with E-state index in [1.54, 1.807) is 0 Å². The third kappa shape index (κ3) is 17.4. The first kappa shape index (κ1) is 20.4. The molecule has 124 valence electrons. The number of rotatable bonds is 16. The minimum absolute atomic E-state index is 0.454. The highest BCUT2D eigenvalue weighted by atomic mass is 14.6. The van der Waals surface area contributed by atoms with E-state index in [1.807, 2.05) is 12.2 Å². The fourth-order valence-electron chi connectivity index (χ4n) is 2.72. The van der Waals surface area contributed by atoms with E-state index in [2.05, 4.69) is 19.6 Å². The third-order valence-corrected chi connectivity index (χ3v) is 4.15. The molecule has 1 nitrogen and oxygen atoms in total. The SMILES string of the molecule is C=C/C=C\CCCCCCCCC(N)CCCCCCC. The maximum Gasteiger partial charge on any atom is 0.00388 e. The second-order valence-electron chi connectivity index (χ2n) is 6.33. The average molecular weight is 294 g/mol. The number of nitrogens with two attached hydrogens (primary N) is 1. The molecule has 0 rings (SSSR count). The second kappa shape index (κ2) is 17.5. The van der Waals surface area contributed by atoms with E-state index < -0.39 is 0 Å². The topological polar surface area (TPSA) is 26.0 Å². The van der Waals surface area contributed by atoms with Crippen molar-refractivity contribution in [2.45, 2.75) is 103 Å². The Hall–Kier alpha value is -0.560. The zero-order chi connectivity index (χ0) is 15.6. The van der Waals surface area contributed by atoms with Crippen LogP contribution in [0, 0.1) is 0 Å². The monoisotopic (exact) mass is 293 g/mol. The highest BCUT2D eigenvalue weighted by molar-refractivity contribution is 4.96. The Kier molecular flexibility index (Phi) is 17.0. The molecule has 0 amide bonds. The Balaban J connectivity index is 3.15. The van der Waals surface area contributed by atoms with Gasteiger partial charge < -0.3 is 5.73 Å². The highest BCUT2D eigenvalue weighted by Crippen LogP contribution is 2.13. The molecule has 0 aromatic heterocycles. The van der Waals surface area contributed by atoms with E-state index in [0.29, 0.717) is 6.04 Å². The molecule has 21 heavy (non-hydrogen) atoms. The van der Waals surface area contributed by atoms with Crippen LogP contribution in [0.15, 0.2) is 24.8 Å². The predicted molar refractivity (Wildman–Crippen MR) is 97.6 cm³/mol. The van der Waals surface area contributed by atoms with E-state index in [0.717, 1.165) is 0 Å². The van der Waals surface area contributed by atoms with Crippen molar-refractivity contribution < 1.29 is 0 Å².